The minimum absolute atomic E-state index is 0.217. The molecule has 0 aromatic carbocycles. The molecule has 2 saturated heterocycles. The predicted molar refractivity (Wildman–Crippen MR) is 59.5 cm³/mol. The Morgan fingerprint density at radius 2 is 2.36 bits per heavy atom. The zero-order valence-corrected chi connectivity index (χ0v) is 9.24. The molecular formula is C10H18N2OS. The highest BCUT2D eigenvalue weighted by atomic mass is 32.2. The average Bonchev–Trinajstić information content (AvgIpc) is 2.72. The van der Waals surface area contributed by atoms with Gasteiger partial charge in [-0.25, -0.2) is 0 Å². The van der Waals surface area contributed by atoms with Crippen LogP contribution in [0.2, 0.25) is 0 Å². The summed E-state index contributed by atoms with van der Waals surface area (Å²) >= 11 is 1.94. The van der Waals surface area contributed by atoms with Crippen LogP contribution in [0.15, 0.2) is 0 Å². The first-order chi connectivity index (χ1) is 6.86. The van der Waals surface area contributed by atoms with Crippen molar-refractivity contribution in [2.45, 2.75) is 25.3 Å². The van der Waals surface area contributed by atoms with E-state index in [1.807, 2.05) is 11.8 Å². The first kappa shape index (κ1) is 10.3. The fourth-order valence-corrected chi connectivity index (χ4v) is 3.20. The quantitative estimate of drug-likeness (QED) is 0.707. The van der Waals surface area contributed by atoms with Gasteiger partial charge in [0.25, 0.3) is 0 Å². The number of thioether (sulfide) groups is 1. The van der Waals surface area contributed by atoms with Crippen molar-refractivity contribution in [3.05, 3.63) is 0 Å². The second-order valence-corrected chi connectivity index (χ2v) is 5.26. The summed E-state index contributed by atoms with van der Waals surface area (Å²) < 4.78 is 0. The van der Waals surface area contributed by atoms with Gasteiger partial charge >= 0.3 is 0 Å². The van der Waals surface area contributed by atoms with E-state index >= 15 is 0 Å². The Bertz CT molecular complexity index is 198. The Balaban J connectivity index is 1.75. The highest BCUT2D eigenvalue weighted by Crippen LogP contribution is 2.18. The number of nitrogens with one attached hydrogen (secondary N) is 2. The minimum atomic E-state index is 0.217. The number of piperidine rings is 1. The maximum atomic E-state index is 11.8. The zero-order chi connectivity index (χ0) is 9.80. The van der Waals surface area contributed by atoms with Gasteiger partial charge < -0.3 is 10.6 Å². The molecule has 0 spiro atoms. The lowest BCUT2D eigenvalue weighted by Crippen LogP contribution is -2.44. The number of hydrogen-bond acceptors (Lipinski definition) is 3. The van der Waals surface area contributed by atoms with Crippen molar-refractivity contribution >= 4 is 17.7 Å². The van der Waals surface area contributed by atoms with Gasteiger partial charge in [-0.05, 0) is 31.6 Å². The second-order valence-electron chi connectivity index (χ2n) is 4.11. The Kier molecular flexibility index (Phi) is 3.70. The highest BCUT2D eigenvalue weighted by molar-refractivity contribution is 7.99. The summed E-state index contributed by atoms with van der Waals surface area (Å²) in [5.74, 6) is 2.79. The molecule has 2 rings (SSSR count). The molecule has 2 aliphatic heterocycles. The van der Waals surface area contributed by atoms with E-state index in [0.29, 0.717) is 6.04 Å². The summed E-state index contributed by atoms with van der Waals surface area (Å²) in [4.78, 5) is 11.8. The molecule has 14 heavy (non-hydrogen) atoms. The van der Waals surface area contributed by atoms with Crippen LogP contribution in [0.1, 0.15) is 19.3 Å². The van der Waals surface area contributed by atoms with Gasteiger partial charge in [-0.3, -0.25) is 4.79 Å². The normalized spacial score (nSPS) is 32.9. The predicted octanol–water partition coefficient (Wildman–Crippen LogP) is 0.608. The standard InChI is InChI=1S/C10H18N2OS/c13-10(8-2-1-4-11-6-8)12-9-3-5-14-7-9/h8-9,11H,1-7H2,(H,12,13)/t8-,9?/m0/s1. The second kappa shape index (κ2) is 5.03. The van der Waals surface area contributed by atoms with E-state index in [2.05, 4.69) is 10.6 Å². The smallest absolute Gasteiger partial charge is 0.224 e. The Labute approximate surface area is 89.4 Å². The maximum absolute atomic E-state index is 11.8. The molecule has 2 heterocycles. The van der Waals surface area contributed by atoms with E-state index in [0.717, 1.165) is 38.1 Å². The number of carbonyl (C=O) groups excluding carboxylic acids is 1. The molecule has 2 atom stereocenters. The van der Waals surface area contributed by atoms with Crippen molar-refractivity contribution in [3.8, 4) is 0 Å². The third kappa shape index (κ3) is 2.64. The molecule has 0 radical (unpaired) electrons. The van der Waals surface area contributed by atoms with E-state index < -0.39 is 0 Å². The molecule has 0 bridgehead atoms. The lowest BCUT2D eigenvalue weighted by Gasteiger charge is -2.23. The maximum Gasteiger partial charge on any atom is 0.224 e. The van der Waals surface area contributed by atoms with Gasteiger partial charge in [0.05, 0.1) is 5.92 Å². The molecule has 0 aliphatic carbocycles. The van der Waals surface area contributed by atoms with Crippen LogP contribution in [0.25, 0.3) is 0 Å². The van der Waals surface area contributed by atoms with E-state index in [9.17, 15) is 4.79 Å². The molecule has 2 N–H and O–H groups in total. The van der Waals surface area contributed by atoms with Gasteiger partial charge in [-0.2, -0.15) is 11.8 Å². The van der Waals surface area contributed by atoms with Gasteiger partial charge in [0.2, 0.25) is 5.91 Å². The largest absolute Gasteiger partial charge is 0.352 e. The lowest BCUT2D eigenvalue weighted by atomic mass is 9.98. The molecule has 3 nitrogen and oxygen atoms in total. The summed E-state index contributed by atoms with van der Waals surface area (Å²) in [7, 11) is 0. The molecule has 2 aliphatic rings. The zero-order valence-electron chi connectivity index (χ0n) is 8.42. The Hall–Kier alpha value is -0.220. The SMILES string of the molecule is O=C(NC1CCSC1)[C@H]1CCCNC1. The first-order valence-corrected chi connectivity index (χ1v) is 6.60. The number of hydrogen-bond donors (Lipinski definition) is 2. The average molecular weight is 214 g/mol. The monoisotopic (exact) mass is 214 g/mol. The van der Waals surface area contributed by atoms with Crippen LogP contribution < -0.4 is 10.6 Å². The molecule has 0 aromatic rings. The van der Waals surface area contributed by atoms with Crippen molar-refractivity contribution < 1.29 is 4.79 Å². The van der Waals surface area contributed by atoms with Crippen molar-refractivity contribution in [2.24, 2.45) is 5.92 Å². The highest BCUT2D eigenvalue weighted by Gasteiger charge is 2.24. The number of rotatable bonds is 2. The fraction of sp³-hybridized carbons (Fsp3) is 0.900. The van der Waals surface area contributed by atoms with Crippen molar-refractivity contribution in [1.82, 2.24) is 10.6 Å². The van der Waals surface area contributed by atoms with Crippen LogP contribution in [0, 0.1) is 5.92 Å². The van der Waals surface area contributed by atoms with Crippen LogP contribution in [0.5, 0.6) is 0 Å². The van der Waals surface area contributed by atoms with Crippen LogP contribution in [-0.2, 0) is 4.79 Å². The van der Waals surface area contributed by atoms with Crippen LogP contribution in [0.4, 0.5) is 0 Å². The van der Waals surface area contributed by atoms with Gasteiger partial charge in [-0.15, -0.1) is 0 Å². The molecular weight excluding hydrogens is 196 g/mol. The van der Waals surface area contributed by atoms with Crippen molar-refractivity contribution in [1.29, 1.82) is 0 Å². The minimum Gasteiger partial charge on any atom is -0.352 e. The summed E-state index contributed by atoms with van der Waals surface area (Å²) in [6, 6.07) is 0.439. The number of carbonyl (C=O) groups is 1. The lowest BCUT2D eigenvalue weighted by molar-refractivity contribution is -0.126. The molecule has 1 unspecified atom stereocenters. The van der Waals surface area contributed by atoms with E-state index in [1.165, 1.54) is 5.75 Å². The summed E-state index contributed by atoms with van der Waals surface area (Å²) in [5, 5.41) is 6.42. The summed E-state index contributed by atoms with van der Waals surface area (Å²) in [6.07, 6.45) is 3.34. The summed E-state index contributed by atoms with van der Waals surface area (Å²) in [6.45, 7) is 1.94. The first-order valence-electron chi connectivity index (χ1n) is 5.45. The molecule has 2 fully saturated rings. The summed E-state index contributed by atoms with van der Waals surface area (Å²) in [5.41, 5.74) is 0. The van der Waals surface area contributed by atoms with E-state index in [4.69, 9.17) is 0 Å². The van der Waals surface area contributed by atoms with Crippen LogP contribution in [0.3, 0.4) is 0 Å². The van der Waals surface area contributed by atoms with Gasteiger partial charge in [-0.1, -0.05) is 0 Å². The fourth-order valence-electron chi connectivity index (χ4n) is 2.04. The molecule has 1 amide bonds. The Morgan fingerprint density at radius 1 is 1.43 bits per heavy atom. The van der Waals surface area contributed by atoms with Gasteiger partial charge in [0.1, 0.15) is 0 Å². The molecule has 4 heteroatoms. The van der Waals surface area contributed by atoms with E-state index in [-0.39, 0.29) is 11.8 Å². The van der Waals surface area contributed by atoms with Gasteiger partial charge in [0, 0.05) is 18.3 Å². The van der Waals surface area contributed by atoms with Crippen LogP contribution in [-0.4, -0.2) is 36.5 Å². The van der Waals surface area contributed by atoms with Crippen LogP contribution >= 0.6 is 11.8 Å². The molecule has 0 saturated carbocycles. The topological polar surface area (TPSA) is 41.1 Å². The van der Waals surface area contributed by atoms with Crippen molar-refractivity contribution in [2.75, 3.05) is 24.6 Å². The third-order valence-electron chi connectivity index (χ3n) is 2.94. The molecule has 0 aromatic heterocycles. The van der Waals surface area contributed by atoms with E-state index in [1.54, 1.807) is 0 Å². The van der Waals surface area contributed by atoms with Gasteiger partial charge in [0.15, 0.2) is 0 Å². The third-order valence-corrected chi connectivity index (χ3v) is 4.11. The Morgan fingerprint density at radius 3 is 3.00 bits per heavy atom. The molecule has 80 valence electrons. The number of amides is 1. The van der Waals surface area contributed by atoms with Crippen molar-refractivity contribution in [3.63, 3.8) is 0 Å².